The van der Waals surface area contributed by atoms with Gasteiger partial charge in [0.2, 0.25) is 5.91 Å². The number of nitrogens with zero attached hydrogens (tertiary/aromatic N) is 4. The van der Waals surface area contributed by atoms with Crippen LogP contribution in [0.3, 0.4) is 0 Å². The lowest BCUT2D eigenvalue weighted by atomic mass is 9.99. The Labute approximate surface area is 167 Å². The minimum absolute atomic E-state index is 0.109. The van der Waals surface area contributed by atoms with E-state index in [0.29, 0.717) is 6.54 Å². The second kappa shape index (κ2) is 8.27. The molecule has 1 saturated heterocycles. The van der Waals surface area contributed by atoms with Gasteiger partial charge in [-0.05, 0) is 24.9 Å². The van der Waals surface area contributed by atoms with Gasteiger partial charge >= 0.3 is 0 Å². The standard InChI is InChI=1S/C22H29N5O/c1-16(28)26-13-11-19-18(15-26)21(23-2)25-22(24-19)20-10-6-7-12-27(20)14-17-8-4-3-5-9-17/h3-5,8-9,20H,6-7,10-15H2,1-2H3,(H,23,24,25)/t20-/m0/s1. The van der Waals surface area contributed by atoms with Crippen molar-refractivity contribution in [3.63, 3.8) is 0 Å². The van der Waals surface area contributed by atoms with E-state index in [1.54, 1.807) is 6.92 Å². The highest BCUT2D eigenvalue weighted by Gasteiger charge is 2.30. The van der Waals surface area contributed by atoms with E-state index in [9.17, 15) is 4.79 Å². The molecule has 0 unspecified atom stereocenters. The van der Waals surface area contributed by atoms with Crippen LogP contribution < -0.4 is 5.32 Å². The van der Waals surface area contributed by atoms with Crippen LogP contribution in [-0.2, 0) is 24.3 Å². The van der Waals surface area contributed by atoms with Gasteiger partial charge in [-0.15, -0.1) is 0 Å². The fourth-order valence-corrected chi connectivity index (χ4v) is 4.35. The topological polar surface area (TPSA) is 61.4 Å². The van der Waals surface area contributed by atoms with Gasteiger partial charge in [0, 0.05) is 39.0 Å². The van der Waals surface area contributed by atoms with Crippen LogP contribution in [0.5, 0.6) is 0 Å². The van der Waals surface area contributed by atoms with Crippen LogP contribution in [0.4, 0.5) is 5.82 Å². The highest BCUT2D eigenvalue weighted by atomic mass is 16.2. The van der Waals surface area contributed by atoms with E-state index in [-0.39, 0.29) is 11.9 Å². The number of hydrogen-bond donors (Lipinski definition) is 1. The molecule has 3 heterocycles. The van der Waals surface area contributed by atoms with Crippen molar-refractivity contribution in [1.29, 1.82) is 0 Å². The molecule has 1 amide bonds. The lowest BCUT2D eigenvalue weighted by molar-refractivity contribution is -0.129. The summed E-state index contributed by atoms with van der Waals surface area (Å²) in [5.41, 5.74) is 3.49. The number of rotatable bonds is 4. The first-order chi connectivity index (χ1) is 13.7. The Kier molecular flexibility index (Phi) is 5.57. The zero-order valence-electron chi connectivity index (χ0n) is 16.8. The summed E-state index contributed by atoms with van der Waals surface area (Å²) in [6, 6.07) is 10.9. The maximum absolute atomic E-state index is 11.8. The Morgan fingerprint density at radius 3 is 2.75 bits per heavy atom. The van der Waals surface area contributed by atoms with Crippen LogP contribution in [-0.4, -0.2) is 45.8 Å². The molecule has 0 bridgehead atoms. The number of amides is 1. The molecule has 0 radical (unpaired) electrons. The maximum atomic E-state index is 11.8. The number of piperidine rings is 1. The summed E-state index contributed by atoms with van der Waals surface area (Å²) >= 11 is 0. The number of hydrogen-bond acceptors (Lipinski definition) is 5. The second-order valence-corrected chi connectivity index (χ2v) is 7.76. The molecule has 0 spiro atoms. The number of likely N-dealkylation sites (tertiary alicyclic amines) is 1. The Hall–Kier alpha value is -2.47. The third-order valence-electron chi connectivity index (χ3n) is 5.90. The molecule has 28 heavy (non-hydrogen) atoms. The van der Waals surface area contributed by atoms with Gasteiger partial charge in [-0.1, -0.05) is 36.8 Å². The molecule has 4 rings (SSSR count). The molecule has 1 aromatic carbocycles. The van der Waals surface area contributed by atoms with Crippen LogP contribution in [0, 0.1) is 0 Å². The van der Waals surface area contributed by atoms with Gasteiger partial charge in [0.25, 0.3) is 0 Å². The summed E-state index contributed by atoms with van der Waals surface area (Å²) < 4.78 is 0. The van der Waals surface area contributed by atoms with Crippen LogP contribution in [0.2, 0.25) is 0 Å². The van der Waals surface area contributed by atoms with E-state index in [1.165, 1.54) is 18.4 Å². The minimum Gasteiger partial charge on any atom is -0.373 e. The summed E-state index contributed by atoms with van der Waals surface area (Å²) in [5, 5.41) is 3.25. The predicted octanol–water partition coefficient (Wildman–Crippen LogP) is 3.15. The molecule has 1 atom stereocenters. The maximum Gasteiger partial charge on any atom is 0.219 e. The van der Waals surface area contributed by atoms with Crippen molar-refractivity contribution in [3.8, 4) is 0 Å². The van der Waals surface area contributed by atoms with E-state index >= 15 is 0 Å². The highest BCUT2D eigenvalue weighted by Crippen LogP contribution is 2.33. The Balaban J connectivity index is 1.63. The number of carbonyl (C=O) groups excluding carboxylic acids is 1. The van der Waals surface area contributed by atoms with Crippen LogP contribution >= 0.6 is 0 Å². The van der Waals surface area contributed by atoms with E-state index in [0.717, 1.165) is 55.4 Å². The quantitative estimate of drug-likeness (QED) is 0.884. The number of nitrogens with one attached hydrogen (secondary N) is 1. The average Bonchev–Trinajstić information content (AvgIpc) is 2.73. The summed E-state index contributed by atoms with van der Waals surface area (Å²) in [4.78, 5) is 26.1. The highest BCUT2D eigenvalue weighted by molar-refractivity contribution is 5.74. The van der Waals surface area contributed by atoms with Crippen molar-refractivity contribution in [2.24, 2.45) is 0 Å². The van der Waals surface area contributed by atoms with Crippen LogP contribution in [0.25, 0.3) is 0 Å². The van der Waals surface area contributed by atoms with Gasteiger partial charge in [0.1, 0.15) is 11.6 Å². The van der Waals surface area contributed by atoms with Gasteiger partial charge in [-0.3, -0.25) is 9.69 Å². The van der Waals surface area contributed by atoms with Gasteiger partial charge in [-0.2, -0.15) is 0 Å². The second-order valence-electron chi connectivity index (χ2n) is 7.76. The molecular formula is C22H29N5O. The fourth-order valence-electron chi connectivity index (χ4n) is 4.35. The number of carbonyl (C=O) groups is 1. The first kappa shape index (κ1) is 18.9. The zero-order valence-corrected chi connectivity index (χ0v) is 16.8. The van der Waals surface area contributed by atoms with E-state index < -0.39 is 0 Å². The third-order valence-corrected chi connectivity index (χ3v) is 5.90. The Morgan fingerprint density at radius 2 is 2.00 bits per heavy atom. The fraction of sp³-hybridized carbons (Fsp3) is 0.500. The molecule has 6 nitrogen and oxygen atoms in total. The molecule has 2 aromatic rings. The lowest BCUT2D eigenvalue weighted by Gasteiger charge is -2.36. The molecule has 1 fully saturated rings. The summed E-state index contributed by atoms with van der Waals surface area (Å²) in [6.07, 6.45) is 4.32. The monoisotopic (exact) mass is 379 g/mol. The van der Waals surface area contributed by atoms with Crippen molar-refractivity contribution in [1.82, 2.24) is 19.8 Å². The zero-order chi connectivity index (χ0) is 19.5. The van der Waals surface area contributed by atoms with Crippen molar-refractivity contribution in [3.05, 3.63) is 53.0 Å². The van der Waals surface area contributed by atoms with Gasteiger partial charge in [0.15, 0.2) is 0 Å². The van der Waals surface area contributed by atoms with Crippen LogP contribution in [0.1, 0.15) is 54.9 Å². The van der Waals surface area contributed by atoms with Gasteiger partial charge < -0.3 is 10.2 Å². The van der Waals surface area contributed by atoms with Crippen molar-refractivity contribution < 1.29 is 4.79 Å². The number of fused-ring (bicyclic) bond motifs is 1. The Bertz CT molecular complexity index is 821. The summed E-state index contributed by atoms with van der Waals surface area (Å²) in [5.74, 6) is 1.91. The number of aromatic nitrogens is 2. The van der Waals surface area contributed by atoms with Crippen molar-refractivity contribution in [2.75, 3.05) is 25.5 Å². The molecule has 0 saturated carbocycles. The van der Waals surface area contributed by atoms with Gasteiger partial charge in [-0.25, -0.2) is 9.97 Å². The minimum atomic E-state index is 0.109. The van der Waals surface area contributed by atoms with E-state index in [1.807, 2.05) is 11.9 Å². The summed E-state index contributed by atoms with van der Waals surface area (Å²) in [6.45, 7) is 4.97. The number of benzene rings is 1. The molecule has 1 N–H and O–H groups in total. The predicted molar refractivity (Wildman–Crippen MR) is 110 cm³/mol. The Morgan fingerprint density at radius 1 is 1.18 bits per heavy atom. The van der Waals surface area contributed by atoms with E-state index in [4.69, 9.17) is 9.97 Å². The smallest absolute Gasteiger partial charge is 0.219 e. The lowest BCUT2D eigenvalue weighted by Crippen LogP contribution is -2.37. The average molecular weight is 380 g/mol. The molecule has 1 aromatic heterocycles. The first-order valence-corrected chi connectivity index (χ1v) is 10.3. The number of anilines is 1. The molecule has 2 aliphatic heterocycles. The molecule has 6 heteroatoms. The molecule has 0 aliphatic carbocycles. The normalized spacial score (nSPS) is 19.9. The largest absolute Gasteiger partial charge is 0.373 e. The van der Waals surface area contributed by atoms with Crippen molar-refractivity contribution >= 4 is 11.7 Å². The third kappa shape index (κ3) is 3.87. The first-order valence-electron chi connectivity index (χ1n) is 10.3. The molecule has 148 valence electrons. The van der Waals surface area contributed by atoms with Gasteiger partial charge in [0.05, 0.1) is 18.3 Å². The van der Waals surface area contributed by atoms with Crippen LogP contribution in [0.15, 0.2) is 30.3 Å². The molecular weight excluding hydrogens is 350 g/mol. The van der Waals surface area contributed by atoms with E-state index in [2.05, 4.69) is 40.5 Å². The molecule has 2 aliphatic rings. The van der Waals surface area contributed by atoms with Crippen molar-refractivity contribution in [2.45, 2.75) is 51.7 Å². The SMILES string of the molecule is CNc1nc([C@@H]2CCCCN2Cc2ccccc2)nc2c1CN(C(C)=O)CC2. The summed E-state index contributed by atoms with van der Waals surface area (Å²) in [7, 11) is 1.90.